The first-order valence-electron chi connectivity index (χ1n) is 6.84. The average Bonchev–Trinajstić information content (AvgIpc) is 2.47. The molecule has 1 aliphatic rings. The van der Waals surface area contributed by atoms with Gasteiger partial charge < -0.3 is 15.3 Å². The number of aliphatic hydroxyl groups is 1. The van der Waals surface area contributed by atoms with Crippen LogP contribution in [0, 0.1) is 5.92 Å². The summed E-state index contributed by atoms with van der Waals surface area (Å²) in [6.07, 6.45) is 1.31. The molecule has 1 fully saturated rings. The van der Waals surface area contributed by atoms with Crippen LogP contribution < -0.4 is 5.32 Å². The van der Waals surface area contributed by atoms with Crippen LogP contribution in [0.1, 0.15) is 30.3 Å². The second kappa shape index (κ2) is 6.41. The molecular formula is C14H20ClN3O2. The summed E-state index contributed by atoms with van der Waals surface area (Å²) in [6, 6.07) is 3.41. The summed E-state index contributed by atoms with van der Waals surface area (Å²) in [5.74, 6) is 0.749. The first-order chi connectivity index (χ1) is 9.52. The molecule has 1 saturated heterocycles. The van der Waals surface area contributed by atoms with Crippen molar-refractivity contribution < 1.29 is 9.90 Å². The first kappa shape index (κ1) is 15.1. The zero-order valence-corrected chi connectivity index (χ0v) is 12.5. The van der Waals surface area contributed by atoms with Gasteiger partial charge in [-0.2, -0.15) is 0 Å². The van der Waals surface area contributed by atoms with Crippen LogP contribution >= 0.6 is 11.6 Å². The van der Waals surface area contributed by atoms with E-state index in [0.717, 1.165) is 12.8 Å². The van der Waals surface area contributed by atoms with Gasteiger partial charge in [0, 0.05) is 20.1 Å². The second-order valence-electron chi connectivity index (χ2n) is 5.15. The van der Waals surface area contributed by atoms with Gasteiger partial charge in [0.2, 0.25) is 0 Å². The molecule has 0 radical (unpaired) electrons. The fourth-order valence-electron chi connectivity index (χ4n) is 2.47. The maximum Gasteiger partial charge on any atom is 0.274 e. The maximum atomic E-state index is 12.5. The number of nitrogens with one attached hydrogen (secondary N) is 1. The molecule has 1 aromatic heterocycles. The second-order valence-corrected chi connectivity index (χ2v) is 5.55. The molecule has 2 rings (SSSR count). The fraction of sp³-hybridized carbons (Fsp3) is 0.571. The highest BCUT2D eigenvalue weighted by Crippen LogP contribution is 2.24. The first-order valence-corrected chi connectivity index (χ1v) is 7.22. The van der Waals surface area contributed by atoms with Crippen LogP contribution in [0.15, 0.2) is 12.1 Å². The number of amides is 1. The number of nitrogens with zero attached hydrogens (tertiary/aromatic N) is 2. The number of rotatable bonds is 3. The fourth-order valence-corrected chi connectivity index (χ4v) is 2.65. The van der Waals surface area contributed by atoms with Crippen molar-refractivity contribution in [3.8, 4) is 0 Å². The van der Waals surface area contributed by atoms with E-state index in [1.807, 2.05) is 0 Å². The number of anilines is 1. The van der Waals surface area contributed by atoms with Gasteiger partial charge in [0.15, 0.2) is 0 Å². The molecule has 2 heterocycles. The normalized spacial score (nSPS) is 17.9. The summed E-state index contributed by atoms with van der Waals surface area (Å²) in [5.41, 5.74) is 0.286. The summed E-state index contributed by atoms with van der Waals surface area (Å²) in [5, 5.41) is 12.9. The van der Waals surface area contributed by atoms with E-state index < -0.39 is 0 Å². The summed E-state index contributed by atoms with van der Waals surface area (Å²) in [4.78, 5) is 18.4. The lowest BCUT2D eigenvalue weighted by Gasteiger charge is -2.33. The monoisotopic (exact) mass is 297 g/mol. The Kier molecular flexibility index (Phi) is 4.83. The molecule has 110 valence electrons. The molecule has 20 heavy (non-hydrogen) atoms. The van der Waals surface area contributed by atoms with Gasteiger partial charge in [-0.1, -0.05) is 11.6 Å². The van der Waals surface area contributed by atoms with E-state index in [0.29, 0.717) is 23.9 Å². The molecule has 5 nitrogen and oxygen atoms in total. The van der Waals surface area contributed by atoms with Gasteiger partial charge in [0.1, 0.15) is 11.5 Å². The number of aromatic nitrogens is 1. The topological polar surface area (TPSA) is 65.5 Å². The van der Waals surface area contributed by atoms with E-state index in [-0.39, 0.29) is 23.6 Å². The Morgan fingerprint density at radius 1 is 1.50 bits per heavy atom. The standard InChI is InChI=1S/C14H20ClN3O2/c1-9(19)10-5-7-18(8-6-10)14(20)13-11(15)3-4-12(16-2)17-13/h3-4,9-10,19H,5-8H2,1-2H3,(H,16,17). The van der Waals surface area contributed by atoms with E-state index in [1.165, 1.54) is 0 Å². The number of likely N-dealkylation sites (tertiary alicyclic amines) is 1. The van der Waals surface area contributed by atoms with Crippen molar-refractivity contribution in [3.05, 3.63) is 22.8 Å². The van der Waals surface area contributed by atoms with Crippen LogP contribution in [0.2, 0.25) is 5.02 Å². The number of carbonyl (C=O) groups is 1. The lowest BCUT2D eigenvalue weighted by molar-refractivity contribution is 0.0517. The summed E-state index contributed by atoms with van der Waals surface area (Å²) >= 11 is 6.07. The van der Waals surface area contributed by atoms with Gasteiger partial charge in [-0.05, 0) is 37.8 Å². The third-order valence-corrected chi connectivity index (χ3v) is 4.12. The average molecular weight is 298 g/mol. The minimum absolute atomic E-state index is 0.142. The number of halogens is 1. The van der Waals surface area contributed by atoms with Crippen LogP contribution in [-0.2, 0) is 0 Å². The zero-order valence-electron chi connectivity index (χ0n) is 11.8. The van der Waals surface area contributed by atoms with E-state index in [9.17, 15) is 9.90 Å². The molecule has 0 aliphatic carbocycles. The van der Waals surface area contributed by atoms with Crippen molar-refractivity contribution in [1.29, 1.82) is 0 Å². The molecule has 0 aromatic carbocycles. The number of aliphatic hydroxyl groups excluding tert-OH is 1. The molecule has 0 saturated carbocycles. The molecule has 1 unspecified atom stereocenters. The van der Waals surface area contributed by atoms with Crippen LogP contribution in [0.4, 0.5) is 5.82 Å². The molecule has 0 spiro atoms. The number of pyridine rings is 1. The van der Waals surface area contributed by atoms with Crippen LogP contribution in [0.25, 0.3) is 0 Å². The van der Waals surface area contributed by atoms with Crippen molar-refractivity contribution in [2.45, 2.75) is 25.9 Å². The molecule has 2 N–H and O–H groups in total. The molecule has 1 aliphatic heterocycles. The lowest BCUT2D eigenvalue weighted by Crippen LogP contribution is -2.41. The van der Waals surface area contributed by atoms with Gasteiger partial charge in [0.25, 0.3) is 5.91 Å². The summed E-state index contributed by atoms with van der Waals surface area (Å²) in [6.45, 7) is 3.07. The molecule has 1 aromatic rings. The van der Waals surface area contributed by atoms with Gasteiger partial charge in [-0.25, -0.2) is 4.98 Å². The SMILES string of the molecule is CNc1ccc(Cl)c(C(=O)N2CCC(C(C)O)CC2)n1. The number of piperidine rings is 1. The Morgan fingerprint density at radius 3 is 2.70 bits per heavy atom. The molecular weight excluding hydrogens is 278 g/mol. The highest BCUT2D eigenvalue weighted by Gasteiger charge is 2.27. The van der Waals surface area contributed by atoms with Crippen molar-refractivity contribution in [2.75, 3.05) is 25.5 Å². The Hall–Kier alpha value is -1.33. The Bertz CT molecular complexity index is 485. The van der Waals surface area contributed by atoms with Crippen LogP contribution in [-0.4, -0.2) is 47.1 Å². The maximum absolute atomic E-state index is 12.5. The Labute approximate surface area is 123 Å². The third kappa shape index (κ3) is 3.22. The van der Waals surface area contributed by atoms with Gasteiger partial charge in [-0.3, -0.25) is 4.79 Å². The molecule has 1 atom stereocenters. The van der Waals surface area contributed by atoms with Crippen molar-refractivity contribution in [1.82, 2.24) is 9.88 Å². The zero-order chi connectivity index (χ0) is 14.7. The predicted molar refractivity (Wildman–Crippen MR) is 79.1 cm³/mol. The van der Waals surface area contributed by atoms with Gasteiger partial charge >= 0.3 is 0 Å². The van der Waals surface area contributed by atoms with E-state index in [2.05, 4.69) is 10.3 Å². The number of hydrogen-bond donors (Lipinski definition) is 2. The van der Waals surface area contributed by atoms with Crippen molar-refractivity contribution >= 4 is 23.3 Å². The van der Waals surface area contributed by atoms with E-state index in [4.69, 9.17) is 11.6 Å². The highest BCUT2D eigenvalue weighted by atomic mass is 35.5. The third-order valence-electron chi connectivity index (χ3n) is 3.81. The van der Waals surface area contributed by atoms with Crippen molar-refractivity contribution in [3.63, 3.8) is 0 Å². The molecule has 6 heteroatoms. The largest absolute Gasteiger partial charge is 0.393 e. The van der Waals surface area contributed by atoms with E-state index >= 15 is 0 Å². The smallest absolute Gasteiger partial charge is 0.274 e. The minimum atomic E-state index is -0.318. The Balaban J connectivity index is 2.09. The summed E-state index contributed by atoms with van der Waals surface area (Å²) in [7, 11) is 1.75. The Morgan fingerprint density at radius 2 is 2.15 bits per heavy atom. The van der Waals surface area contributed by atoms with Gasteiger partial charge in [0.05, 0.1) is 11.1 Å². The molecule has 1 amide bonds. The van der Waals surface area contributed by atoms with Crippen LogP contribution in [0.5, 0.6) is 0 Å². The van der Waals surface area contributed by atoms with Crippen molar-refractivity contribution in [2.24, 2.45) is 5.92 Å². The predicted octanol–water partition coefficient (Wildman–Crippen LogP) is 2.01. The van der Waals surface area contributed by atoms with Crippen LogP contribution in [0.3, 0.4) is 0 Å². The van der Waals surface area contributed by atoms with Gasteiger partial charge in [-0.15, -0.1) is 0 Å². The quantitative estimate of drug-likeness (QED) is 0.896. The summed E-state index contributed by atoms with van der Waals surface area (Å²) < 4.78 is 0. The van der Waals surface area contributed by atoms with E-state index in [1.54, 1.807) is 31.0 Å². The minimum Gasteiger partial charge on any atom is -0.393 e. The highest BCUT2D eigenvalue weighted by molar-refractivity contribution is 6.33. The number of hydrogen-bond acceptors (Lipinski definition) is 4. The lowest BCUT2D eigenvalue weighted by atomic mass is 9.92. The molecule has 0 bridgehead atoms. The number of carbonyl (C=O) groups excluding carboxylic acids is 1.